The van der Waals surface area contributed by atoms with Gasteiger partial charge in [-0.25, -0.2) is 12.7 Å². The molecule has 0 aromatic heterocycles. The number of hydrogen-bond acceptors (Lipinski definition) is 9. The van der Waals surface area contributed by atoms with Gasteiger partial charge < -0.3 is 14.4 Å². The zero-order valence-corrected chi connectivity index (χ0v) is 28.2. The Kier molecular flexibility index (Phi) is 7.83. The number of nitrogens with zero attached hydrogens (tertiary/aromatic N) is 5. The summed E-state index contributed by atoms with van der Waals surface area (Å²) in [5.41, 5.74) is 0.862. The van der Waals surface area contributed by atoms with E-state index in [1.54, 1.807) is 55.6 Å². The van der Waals surface area contributed by atoms with Gasteiger partial charge in [0.2, 0.25) is 0 Å². The molecule has 0 bridgehead atoms. The maximum Gasteiger partial charge on any atom is 0.271 e. The number of benzene rings is 3. The molecular weight excluding hydrogens is 614 g/mol. The van der Waals surface area contributed by atoms with Gasteiger partial charge in [0.1, 0.15) is 11.5 Å². The number of hydrogen-bond donors (Lipinski definition) is 0. The first-order chi connectivity index (χ1) is 22.6. The number of carbonyl (C=O) groups is 1. The van der Waals surface area contributed by atoms with E-state index < -0.39 is 21.5 Å². The molecule has 0 aliphatic carbocycles. The molecule has 4 aliphatic heterocycles. The number of rotatable bonds is 8. The van der Waals surface area contributed by atoms with Crippen LogP contribution in [0.4, 0.5) is 5.69 Å². The van der Waals surface area contributed by atoms with Crippen LogP contribution in [-0.2, 0) is 20.4 Å². The topological polar surface area (TPSA) is 106 Å². The third-order valence-electron chi connectivity index (χ3n) is 10.5. The van der Waals surface area contributed by atoms with Crippen molar-refractivity contribution in [1.29, 1.82) is 5.26 Å². The van der Waals surface area contributed by atoms with Crippen LogP contribution < -0.4 is 13.8 Å². The number of nitriles is 1. The third-order valence-corrected chi connectivity index (χ3v) is 12.2. The number of fused-ring (bicyclic) bond motifs is 1. The summed E-state index contributed by atoms with van der Waals surface area (Å²) in [6.07, 6.45) is 2.30. The minimum Gasteiger partial charge on any atom is -0.497 e. The Hall–Kier alpha value is -3.95. The molecule has 1 amide bonds. The van der Waals surface area contributed by atoms with Gasteiger partial charge in [0.25, 0.3) is 15.9 Å². The summed E-state index contributed by atoms with van der Waals surface area (Å²) in [4.78, 5) is 22.4. The molecule has 3 fully saturated rings. The van der Waals surface area contributed by atoms with Crippen LogP contribution in [0.15, 0.2) is 65.6 Å². The summed E-state index contributed by atoms with van der Waals surface area (Å²) in [6, 6.07) is 19.4. The smallest absolute Gasteiger partial charge is 0.271 e. The van der Waals surface area contributed by atoms with Gasteiger partial charge in [-0.15, -0.1) is 0 Å². The average Bonchev–Trinajstić information content (AvgIpc) is 3.29. The van der Waals surface area contributed by atoms with Crippen molar-refractivity contribution in [3.63, 3.8) is 0 Å². The van der Waals surface area contributed by atoms with Crippen molar-refractivity contribution < 1.29 is 22.7 Å². The second-order valence-corrected chi connectivity index (χ2v) is 15.3. The van der Waals surface area contributed by atoms with Crippen molar-refractivity contribution in [3.05, 3.63) is 82.9 Å². The van der Waals surface area contributed by atoms with Crippen LogP contribution >= 0.6 is 0 Å². The SMILES string of the molecule is CCOc1ccc(OC)cc1C1(N2CC3(CN(C4CCN(C)CC4)C3)C2)C(=O)N(S(=O)(=O)c2ccc(C)cc2)c2ccc(C#N)cc21. The molecule has 0 saturated carbocycles. The fourth-order valence-electron chi connectivity index (χ4n) is 8.07. The van der Waals surface area contributed by atoms with Crippen LogP contribution in [0.5, 0.6) is 11.5 Å². The Morgan fingerprint density at radius 2 is 1.66 bits per heavy atom. The normalized spacial score (nSPS) is 23.2. The monoisotopic (exact) mass is 655 g/mol. The fourth-order valence-corrected chi connectivity index (χ4v) is 9.53. The summed E-state index contributed by atoms with van der Waals surface area (Å²) >= 11 is 0. The zero-order valence-electron chi connectivity index (χ0n) is 27.4. The molecule has 4 aliphatic rings. The number of methoxy groups -OCH3 is 1. The lowest BCUT2D eigenvalue weighted by atomic mass is 9.67. The third kappa shape index (κ3) is 4.92. The highest BCUT2D eigenvalue weighted by Gasteiger charge is 2.66. The van der Waals surface area contributed by atoms with Gasteiger partial charge >= 0.3 is 0 Å². The number of piperidine rings is 1. The summed E-state index contributed by atoms with van der Waals surface area (Å²) in [6.45, 7) is 9.36. The number of anilines is 1. The molecule has 1 atom stereocenters. The molecule has 3 aromatic carbocycles. The van der Waals surface area contributed by atoms with Crippen LogP contribution in [0.2, 0.25) is 0 Å². The number of aryl methyl sites for hydroxylation is 1. The average molecular weight is 656 g/mol. The largest absolute Gasteiger partial charge is 0.497 e. The van der Waals surface area contributed by atoms with Gasteiger partial charge in [-0.3, -0.25) is 14.6 Å². The van der Waals surface area contributed by atoms with Crippen LogP contribution in [-0.4, -0.2) is 95.1 Å². The van der Waals surface area contributed by atoms with Crippen molar-refractivity contribution in [1.82, 2.24) is 14.7 Å². The van der Waals surface area contributed by atoms with Gasteiger partial charge in [-0.2, -0.15) is 5.26 Å². The quantitative estimate of drug-likeness (QED) is 0.357. The van der Waals surface area contributed by atoms with E-state index in [-0.39, 0.29) is 16.0 Å². The van der Waals surface area contributed by atoms with Gasteiger partial charge in [-0.1, -0.05) is 17.7 Å². The Bertz CT molecular complexity index is 1850. The molecule has 3 saturated heterocycles. The van der Waals surface area contributed by atoms with E-state index in [0.29, 0.717) is 53.9 Å². The van der Waals surface area contributed by atoms with Gasteiger partial charge in [0, 0.05) is 48.8 Å². The van der Waals surface area contributed by atoms with E-state index in [1.807, 2.05) is 13.8 Å². The van der Waals surface area contributed by atoms with Crippen molar-refractivity contribution in [2.24, 2.45) is 5.41 Å². The first-order valence-corrected chi connectivity index (χ1v) is 17.7. The van der Waals surface area contributed by atoms with E-state index in [4.69, 9.17) is 9.47 Å². The molecular formula is C36H41N5O5S. The predicted molar refractivity (Wildman–Crippen MR) is 178 cm³/mol. The van der Waals surface area contributed by atoms with E-state index in [9.17, 15) is 13.7 Å². The van der Waals surface area contributed by atoms with E-state index in [1.165, 1.54) is 12.1 Å². The highest BCUT2D eigenvalue weighted by atomic mass is 32.2. The molecule has 246 valence electrons. The van der Waals surface area contributed by atoms with Crippen LogP contribution in [0, 0.1) is 23.7 Å². The summed E-state index contributed by atoms with van der Waals surface area (Å²) < 4.78 is 41.6. The van der Waals surface area contributed by atoms with Crippen LogP contribution in [0.3, 0.4) is 0 Å². The number of ether oxygens (including phenoxy) is 2. The Morgan fingerprint density at radius 1 is 0.957 bits per heavy atom. The summed E-state index contributed by atoms with van der Waals surface area (Å²) in [7, 11) is -0.605. The van der Waals surface area contributed by atoms with Gasteiger partial charge in [0.05, 0.1) is 35.9 Å². The van der Waals surface area contributed by atoms with Crippen LogP contribution in [0.1, 0.15) is 42.0 Å². The summed E-state index contributed by atoms with van der Waals surface area (Å²) in [5.74, 6) is 0.367. The molecule has 10 nitrogen and oxygen atoms in total. The molecule has 4 heterocycles. The molecule has 0 radical (unpaired) electrons. The lowest BCUT2D eigenvalue weighted by Crippen LogP contribution is -2.77. The highest BCUT2D eigenvalue weighted by molar-refractivity contribution is 7.93. The number of sulfonamides is 1. The molecule has 47 heavy (non-hydrogen) atoms. The van der Waals surface area contributed by atoms with E-state index in [2.05, 4.69) is 27.8 Å². The van der Waals surface area contributed by atoms with Crippen molar-refractivity contribution in [2.75, 3.05) is 64.3 Å². The Labute approximate surface area is 277 Å². The molecule has 1 unspecified atom stereocenters. The molecule has 11 heteroatoms. The van der Waals surface area contributed by atoms with E-state index >= 15 is 4.79 Å². The Morgan fingerprint density at radius 3 is 2.30 bits per heavy atom. The number of carbonyl (C=O) groups excluding carboxylic acids is 1. The first-order valence-electron chi connectivity index (χ1n) is 16.3. The molecule has 3 aromatic rings. The van der Waals surface area contributed by atoms with Gasteiger partial charge in [-0.05, 0) is 95.4 Å². The predicted octanol–water partition coefficient (Wildman–Crippen LogP) is 3.96. The van der Waals surface area contributed by atoms with Crippen molar-refractivity contribution >= 4 is 21.6 Å². The second kappa shape index (κ2) is 11.6. The van der Waals surface area contributed by atoms with Crippen molar-refractivity contribution in [2.45, 2.75) is 43.2 Å². The van der Waals surface area contributed by atoms with Gasteiger partial charge in [0.15, 0.2) is 5.54 Å². The number of amides is 1. The maximum atomic E-state index is 15.3. The molecule has 1 spiro atoms. The molecule has 7 rings (SSSR count). The maximum absolute atomic E-state index is 15.3. The zero-order chi connectivity index (χ0) is 33.1. The Balaban J connectivity index is 1.36. The number of likely N-dealkylation sites (tertiary alicyclic amines) is 3. The molecule has 0 N–H and O–H groups in total. The second-order valence-electron chi connectivity index (χ2n) is 13.5. The lowest BCUT2D eigenvalue weighted by Gasteiger charge is -2.65. The minimum atomic E-state index is -4.33. The van der Waals surface area contributed by atoms with Crippen LogP contribution in [0.25, 0.3) is 0 Å². The fraction of sp³-hybridized carbons (Fsp3) is 0.444. The summed E-state index contributed by atoms with van der Waals surface area (Å²) in [5, 5.41) is 10.0. The van der Waals surface area contributed by atoms with Crippen molar-refractivity contribution in [3.8, 4) is 17.6 Å². The van der Waals surface area contributed by atoms with E-state index in [0.717, 1.165) is 48.9 Å². The highest BCUT2D eigenvalue weighted by Crippen LogP contribution is 2.58. The first kappa shape index (κ1) is 31.6. The standard InChI is InChI=1S/C36H41N5O5S/c1-5-46-33-13-9-28(45-4)19-31(33)36(40-23-35(24-40)21-39(22-35)27-14-16-38(3)17-15-27)30-18-26(20-37)8-12-32(30)41(34(36)42)47(43,44)29-10-6-25(2)7-11-29/h6-13,18-19,27H,5,14-17,21-24H2,1-4H3. The minimum absolute atomic E-state index is 0.00245. The lowest BCUT2D eigenvalue weighted by molar-refractivity contribution is -0.169.